The number of H-pyrrole nitrogens is 1. The SMILES string of the molecule is COc1cccc2[nH]c(C(=O)N3CC(C(C)(C)C)C[C@H]3C(=O)N[C@H](C#N)C[C@@H]3CCNC3=O)cc12. The zero-order chi connectivity index (χ0) is 25.3. The topological polar surface area (TPSA) is 127 Å². The molecule has 186 valence electrons. The normalized spacial score (nSPS) is 23.1. The fourth-order valence-corrected chi connectivity index (χ4v) is 5.08. The number of amides is 3. The lowest BCUT2D eigenvalue weighted by molar-refractivity contribution is -0.126. The van der Waals surface area contributed by atoms with E-state index in [1.165, 1.54) is 0 Å². The van der Waals surface area contributed by atoms with E-state index < -0.39 is 12.1 Å². The third kappa shape index (κ3) is 4.97. The molecule has 1 aromatic carbocycles. The van der Waals surface area contributed by atoms with Gasteiger partial charge in [0.25, 0.3) is 5.91 Å². The number of carbonyl (C=O) groups is 3. The summed E-state index contributed by atoms with van der Waals surface area (Å²) in [6, 6.07) is 7.93. The van der Waals surface area contributed by atoms with Gasteiger partial charge < -0.3 is 25.3 Å². The molecule has 35 heavy (non-hydrogen) atoms. The summed E-state index contributed by atoms with van der Waals surface area (Å²) < 4.78 is 5.42. The van der Waals surface area contributed by atoms with Crippen LogP contribution in [0, 0.1) is 28.6 Å². The molecule has 1 unspecified atom stereocenters. The number of aromatic amines is 1. The molecule has 1 aromatic heterocycles. The molecule has 0 aliphatic carbocycles. The second kappa shape index (κ2) is 9.61. The van der Waals surface area contributed by atoms with Crippen molar-refractivity contribution in [3.63, 3.8) is 0 Å². The third-order valence-corrected chi connectivity index (χ3v) is 7.32. The summed E-state index contributed by atoms with van der Waals surface area (Å²) in [6.07, 6.45) is 1.42. The molecule has 4 atom stereocenters. The highest BCUT2D eigenvalue weighted by atomic mass is 16.5. The van der Waals surface area contributed by atoms with E-state index in [-0.39, 0.29) is 41.4 Å². The molecule has 0 bridgehead atoms. The highest BCUT2D eigenvalue weighted by Gasteiger charge is 2.44. The number of likely N-dealkylation sites (tertiary alicyclic amines) is 1. The molecule has 2 fully saturated rings. The Morgan fingerprint density at radius 1 is 1.34 bits per heavy atom. The lowest BCUT2D eigenvalue weighted by Crippen LogP contribution is -2.49. The molecular weight excluding hydrogens is 446 g/mol. The molecule has 2 aliphatic rings. The number of hydrogen-bond donors (Lipinski definition) is 3. The van der Waals surface area contributed by atoms with E-state index in [0.717, 1.165) is 10.9 Å². The number of carbonyl (C=O) groups excluding carboxylic acids is 3. The van der Waals surface area contributed by atoms with Crippen LogP contribution in [0.25, 0.3) is 10.9 Å². The number of methoxy groups -OCH3 is 1. The predicted octanol–water partition coefficient (Wildman–Crippen LogP) is 2.59. The van der Waals surface area contributed by atoms with E-state index in [1.807, 2.05) is 18.2 Å². The fraction of sp³-hybridized carbons (Fsp3) is 0.538. The van der Waals surface area contributed by atoms with Crippen molar-refractivity contribution in [3.8, 4) is 11.8 Å². The summed E-state index contributed by atoms with van der Waals surface area (Å²) in [7, 11) is 1.58. The van der Waals surface area contributed by atoms with E-state index in [2.05, 4.69) is 42.5 Å². The van der Waals surface area contributed by atoms with Gasteiger partial charge in [-0.15, -0.1) is 0 Å². The number of benzene rings is 1. The van der Waals surface area contributed by atoms with Crippen LogP contribution in [0.5, 0.6) is 5.75 Å². The molecule has 2 saturated heterocycles. The number of nitrogens with zero attached hydrogens (tertiary/aromatic N) is 2. The Bertz CT molecular complexity index is 1170. The first kappa shape index (κ1) is 24.6. The van der Waals surface area contributed by atoms with E-state index in [0.29, 0.717) is 37.4 Å². The van der Waals surface area contributed by atoms with Gasteiger partial charge in [0, 0.05) is 29.9 Å². The van der Waals surface area contributed by atoms with Gasteiger partial charge in [0.1, 0.15) is 23.5 Å². The molecule has 3 amide bonds. The van der Waals surface area contributed by atoms with Crippen molar-refractivity contribution in [3.05, 3.63) is 30.0 Å². The van der Waals surface area contributed by atoms with Gasteiger partial charge in [0.15, 0.2) is 0 Å². The largest absolute Gasteiger partial charge is 0.496 e. The maximum absolute atomic E-state index is 13.6. The van der Waals surface area contributed by atoms with Crippen molar-refractivity contribution < 1.29 is 19.1 Å². The number of nitriles is 1. The summed E-state index contributed by atoms with van der Waals surface area (Å²) in [5.41, 5.74) is 1.06. The Morgan fingerprint density at radius 2 is 2.11 bits per heavy atom. The summed E-state index contributed by atoms with van der Waals surface area (Å²) in [6.45, 7) is 7.33. The Labute approximate surface area is 205 Å². The third-order valence-electron chi connectivity index (χ3n) is 7.32. The van der Waals surface area contributed by atoms with E-state index in [9.17, 15) is 19.6 Å². The minimum Gasteiger partial charge on any atom is -0.496 e. The number of hydrogen-bond acceptors (Lipinski definition) is 5. The maximum atomic E-state index is 13.6. The van der Waals surface area contributed by atoms with Gasteiger partial charge in [-0.3, -0.25) is 14.4 Å². The first-order chi connectivity index (χ1) is 16.6. The van der Waals surface area contributed by atoms with Gasteiger partial charge in [0.05, 0.1) is 13.2 Å². The number of nitrogens with one attached hydrogen (secondary N) is 3. The minimum absolute atomic E-state index is 0.0841. The van der Waals surface area contributed by atoms with Crippen LogP contribution in [0.15, 0.2) is 24.3 Å². The molecule has 4 rings (SSSR count). The quantitative estimate of drug-likeness (QED) is 0.587. The first-order valence-electron chi connectivity index (χ1n) is 12.1. The highest BCUT2D eigenvalue weighted by molar-refractivity contribution is 6.01. The fourth-order valence-electron chi connectivity index (χ4n) is 5.08. The smallest absolute Gasteiger partial charge is 0.270 e. The van der Waals surface area contributed by atoms with Crippen LogP contribution in [0.4, 0.5) is 0 Å². The zero-order valence-electron chi connectivity index (χ0n) is 20.7. The van der Waals surface area contributed by atoms with E-state index >= 15 is 0 Å². The molecule has 0 spiro atoms. The molecule has 3 heterocycles. The van der Waals surface area contributed by atoms with Gasteiger partial charge in [0.2, 0.25) is 11.8 Å². The van der Waals surface area contributed by atoms with E-state index in [1.54, 1.807) is 18.1 Å². The van der Waals surface area contributed by atoms with Crippen LogP contribution in [-0.2, 0) is 9.59 Å². The average Bonchev–Trinajstić information content (AvgIpc) is 3.55. The van der Waals surface area contributed by atoms with Crippen molar-refractivity contribution in [2.45, 2.75) is 52.1 Å². The Balaban J connectivity index is 1.56. The molecule has 9 heteroatoms. The van der Waals surface area contributed by atoms with Crippen LogP contribution in [0.1, 0.15) is 50.5 Å². The van der Waals surface area contributed by atoms with Gasteiger partial charge in [-0.25, -0.2) is 0 Å². The summed E-state index contributed by atoms with van der Waals surface area (Å²) in [5, 5.41) is 16.0. The second-order valence-corrected chi connectivity index (χ2v) is 10.6. The van der Waals surface area contributed by atoms with Crippen molar-refractivity contribution in [2.75, 3.05) is 20.2 Å². The van der Waals surface area contributed by atoms with Crippen LogP contribution in [0.2, 0.25) is 0 Å². The standard InChI is InChI=1S/C26H33N5O4/c1-26(2,3)16-11-21(24(33)29-17(13-27)10-15-8-9-28-23(15)32)31(14-16)25(34)20-12-18-19(30-20)6-5-7-22(18)35-4/h5-7,12,15-17,21,30H,8-11,14H2,1-4H3,(H,28,32)(H,29,33)/t15-,16?,17-,21-/m0/s1. The lowest BCUT2D eigenvalue weighted by Gasteiger charge is -2.26. The molecule has 2 aromatic rings. The highest BCUT2D eigenvalue weighted by Crippen LogP contribution is 2.38. The van der Waals surface area contributed by atoms with Crippen molar-refractivity contribution in [1.29, 1.82) is 5.26 Å². The van der Waals surface area contributed by atoms with Gasteiger partial charge >= 0.3 is 0 Å². The summed E-state index contributed by atoms with van der Waals surface area (Å²) in [4.78, 5) is 43.7. The zero-order valence-corrected chi connectivity index (χ0v) is 20.7. The van der Waals surface area contributed by atoms with Gasteiger partial charge in [-0.2, -0.15) is 5.26 Å². The number of fused-ring (bicyclic) bond motifs is 1. The summed E-state index contributed by atoms with van der Waals surface area (Å²) >= 11 is 0. The van der Waals surface area contributed by atoms with Crippen molar-refractivity contribution in [1.82, 2.24) is 20.5 Å². The average molecular weight is 480 g/mol. The molecule has 9 nitrogen and oxygen atoms in total. The Kier molecular flexibility index (Phi) is 6.75. The number of aromatic nitrogens is 1. The molecule has 0 saturated carbocycles. The van der Waals surface area contributed by atoms with Crippen molar-refractivity contribution in [2.24, 2.45) is 17.3 Å². The predicted molar refractivity (Wildman–Crippen MR) is 131 cm³/mol. The van der Waals surface area contributed by atoms with Gasteiger partial charge in [-0.05, 0) is 48.8 Å². The van der Waals surface area contributed by atoms with Crippen LogP contribution < -0.4 is 15.4 Å². The molecule has 2 aliphatic heterocycles. The lowest BCUT2D eigenvalue weighted by atomic mass is 9.79. The Morgan fingerprint density at radius 3 is 2.74 bits per heavy atom. The second-order valence-electron chi connectivity index (χ2n) is 10.6. The van der Waals surface area contributed by atoms with Crippen LogP contribution in [-0.4, -0.2) is 59.9 Å². The number of ether oxygens (including phenoxy) is 1. The molecular formula is C26H33N5O4. The maximum Gasteiger partial charge on any atom is 0.270 e. The minimum atomic E-state index is -0.792. The molecule has 0 radical (unpaired) electrons. The monoisotopic (exact) mass is 479 g/mol. The van der Waals surface area contributed by atoms with Gasteiger partial charge in [-0.1, -0.05) is 26.8 Å². The van der Waals surface area contributed by atoms with E-state index in [4.69, 9.17) is 4.74 Å². The van der Waals surface area contributed by atoms with Crippen molar-refractivity contribution >= 4 is 28.6 Å². The van der Waals surface area contributed by atoms with Crippen LogP contribution in [0.3, 0.4) is 0 Å². The Hall–Kier alpha value is -3.54. The number of rotatable bonds is 6. The van der Waals surface area contributed by atoms with Crippen LogP contribution >= 0.6 is 0 Å². The molecule has 3 N–H and O–H groups in total. The summed E-state index contributed by atoms with van der Waals surface area (Å²) in [5.74, 6) is -0.220. The first-order valence-corrected chi connectivity index (χ1v) is 12.1.